The third-order valence-corrected chi connectivity index (χ3v) is 4.82. The first-order valence-corrected chi connectivity index (χ1v) is 9.34. The number of piperidine rings is 1. The molecule has 26 heavy (non-hydrogen) atoms. The molecule has 0 aliphatic carbocycles. The Labute approximate surface area is 155 Å². The average molecular weight is 359 g/mol. The molecule has 1 N–H and O–H groups in total. The van der Waals surface area contributed by atoms with Crippen molar-refractivity contribution in [1.29, 1.82) is 0 Å². The molecular weight excluding hydrogens is 330 g/mol. The highest BCUT2D eigenvalue weighted by atomic mass is 16.3. The molecule has 7 heteroatoms. The number of aryl methyl sites for hydroxylation is 1. The first kappa shape index (κ1) is 18.5. The van der Waals surface area contributed by atoms with Crippen LogP contribution in [-0.2, 0) is 13.1 Å². The molecule has 0 spiro atoms. The van der Waals surface area contributed by atoms with Crippen molar-refractivity contribution >= 4 is 6.03 Å². The Morgan fingerprint density at radius 2 is 2.35 bits per heavy atom. The Hall–Kier alpha value is -2.28. The first-order chi connectivity index (χ1) is 12.6. The SMILES string of the molecule is CN(C)CCCn1ccnc1C1CCCN(C(=O)NCc2ccco2)C1. The summed E-state index contributed by atoms with van der Waals surface area (Å²) in [5, 5.41) is 2.94. The summed E-state index contributed by atoms with van der Waals surface area (Å²) >= 11 is 0. The molecule has 2 aromatic heterocycles. The zero-order chi connectivity index (χ0) is 18.4. The fraction of sp³-hybridized carbons (Fsp3) is 0.579. The molecule has 7 nitrogen and oxygen atoms in total. The van der Waals surface area contributed by atoms with Crippen molar-refractivity contribution in [2.45, 2.75) is 38.3 Å². The van der Waals surface area contributed by atoms with E-state index in [2.05, 4.69) is 40.1 Å². The number of nitrogens with zero attached hydrogens (tertiary/aromatic N) is 4. The van der Waals surface area contributed by atoms with Crippen molar-refractivity contribution in [2.75, 3.05) is 33.7 Å². The standard InChI is InChI=1S/C19H29N5O2/c1-22(2)9-5-11-23-12-8-20-18(23)16-6-3-10-24(15-16)19(25)21-14-17-7-4-13-26-17/h4,7-8,12-13,16H,3,5-6,9-11,14-15H2,1-2H3,(H,21,25). The molecule has 1 fully saturated rings. The highest BCUT2D eigenvalue weighted by Gasteiger charge is 2.27. The van der Waals surface area contributed by atoms with E-state index in [1.54, 1.807) is 6.26 Å². The molecule has 0 bridgehead atoms. The number of carbonyl (C=O) groups excluding carboxylic acids is 1. The van der Waals surface area contributed by atoms with Crippen LogP contribution in [0.25, 0.3) is 0 Å². The van der Waals surface area contributed by atoms with Gasteiger partial charge in [0.25, 0.3) is 0 Å². The van der Waals surface area contributed by atoms with E-state index in [1.807, 2.05) is 23.2 Å². The summed E-state index contributed by atoms with van der Waals surface area (Å²) in [5.41, 5.74) is 0. The first-order valence-electron chi connectivity index (χ1n) is 9.34. The third kappa shape index (κ3) is 4.88. The van der Waals surface area contributed by atoms with Gasteiger partial charge in [-0.15, -0.1) is 0 Å². The van der Waals surface area contributed by atoms with E-state index in [9.17, 15) is 4.79 Å². The van der Waals surface area contributed by atoms with Crippen LogP contribution in [0.3, 0.4) is 0 Å². The zero-order valence-corrected chi connectivity index (χ0v) is 15.7. The van der Waals surface area contributed by atoms with Crippen molar-refractivity contribution in [3.05, 3.63) is 42.4 Å². The third-order valence-electron chi connectivity index (χ3n) is 4.82. The van der Waals surface area contributed by atoms with Crippen molar-refractivity contribution < 1.29 is 9.21 Å². The van der Waals surface area contributed by atoms with Crippen LogP contribution in [0.5, 0.6) is 0 Å². The fourth-order valence-electron chi connectivity index (χ4n) is 3.49. The highest BCUT2D eigenvalue weighted by molar-refractivity contribution is 5.74. The largest absolute Gasteiger partial charge is 0.467 e. The summed E-state index contributed by atoms with van der Waals surface area (Å²) in [5.74, 6) is 2.17. The second-order valence-electron chi connectivity index (χ2n) is 7.16. The summed E-state index contributed by atoms with van der Waals surface area (Å²) in [6.45, 7) is 3.96. The summed E-state index contributed by atoms with van der Waals surface area (Å²) in [4.78, 5) is 21.2. The molecule has 0 radical (unpaired) electrons. The van der Waals surface area contributed by atoms with Crippen LogP contribution in [-0.4, -0.2) is 59.1 Å². The van der Waals surface area contributed by atoms with Gasteiger partial charge in [-0.05, 0) is 52.0 Å². The topological polar surface area (TPSA) is 66.5 Å². The molecule has 1 aliphatic heterocycles. The second-order valence-corrected chi connectivity index (χ2v) is 7.16. The number of rotatable bonds is 7. The Morgan fingerprint density at radius 3 is 3.12 bits per heavy atom. The molecule has 0 saturated carbocycles. The van der Waals surface area contributed by atoms with Gasteiger partial charge < -0.3 is 24.1 Å². The van der Waals surface area contributed by atoms with Crippen LogP contribution >= 0.6 is 0 Å². The van der Waals surface area contributed by atoms with Gasteiger partial charge in [-0.1, -0.05) is 0 Å². The lowest BCUT2D eigenvalue weighted by Gasteiger charge is -2.32. The Morgan fingerprint density at radius 1 is 1.46 bits per heavy atom. The van der Waals surface area contributed by atoms with Gasteiger partial charge in [0.2, 0.25) is 0 Å². The summed E-state index contributed by atoms with van der Waals surface area (Å²) in [7, 11) is 4.18. The summed E-state index contributed by atoms with van der Waals surface area (Å²) < 4.78 is 7.52. The monoisotopic (exact) mass is 359 g/mol. The normalized spacial score (nSPS) is 17.7. The van der Waals surface area contributed by atoms with Gasteiger partial charge in [-0.3, -0.25) is 0 Å². The molecule has 2 aromatic rings. The number of hydrogen-bond donors (Lipinski definition) is 1. The van der Waals surface area contributed by atoms with E-state index in [1.165, 1.54) is 0 Å². The molecule has 1 saturated heterocycles. The van der Waals surface area contributed by atoms with Gasteiger partial charge in [0.1, 0.15) is 11.6 Å². The van der Waals surface area contributed by atoms with Gasteiger partial charge in [-0.2, -0.15) is 0 Å². The van der Waals surface area contributed by atoms with Crippen molar-refractivity contribution in [3.63, 3.8) is 0 Å². The van der Waals surface area contributed by atoms with Crippen LogP contribution < -0.4 is 5.32 Å². The minimum atomic E-state index is -0.0307. The molecule has 1 atom stereocenters. The molecule has 142 valence electrons. The van der Waals surface area contributed by atoms with Crippen LogP contribution in [0.15, 0.2) is 35.2 Å². The number of aromatic nitrogens is 2. The van der Waals surface area contributed by atoms with Gasteiger partial charge in [0.15, 0.2) is 0 Å². The van der Waals surface area contributed by atoms with Crippen LogP contribution in [0.1, 0.15) is 36.8 Å². The van der Waals surface area contributed by atoms with E-state index >= 15 is 0 Å². The van der Waals surface area contributed by atoms with E-state index in [0.29, 0.717) is 19.0 Å². The number of carbonyl (C=O) groups is 1. The number of urea groups is 1. The minimum absolute atomic E-state index is 0.0307. The molecule has 3 rings (SSSR count). The number of imidazole rings is 1. The lowest BCUT2D eigenvalue weighted by molar-refractivity contribution is 0.176. The number of nitrogens with one attached hydrogen (secondary N) is 1. The van der Waals surface area contributed by atoms with E-state index < -0.39 is 0 Å². The molecule has 1 unspecified atom stereocenters. The lowest BCUT2D eigenvalue weighted by Crippen LogP contribution is -2.45. The summed E-state index contributed by atoms with van der Waals surface area (Å²) in [6, 6.07) is 3.66. The molecule has 1 aliphatic rings. The molecule has 2 amide bonds. The predicted octanol–water partition coefficient (Wildman–Crippen LogP) is 2.52. The van der Waals surface area contributed by atoms with Crippen LogP contribution in [0.4, 0.5) is 4.79 Å². The van der Waals surface area contributed by atoms with E-state index in [0.717, 1.165) is 50.5 Å². The van der Waals surface area contributed by atoms with Crippen LogP contribution in [0.2, 0.25) is 0 Å². The lowest BCUT2D eigenvalue weighted by atomic mass is 9.97. The number of hydrogen-bond acceptors (Lipinski definition) is 4. The van der Waals surface area contributed by atoms with Gasteiger partial charge in [0, 0.05) is 37.9 Å². The quantitative estimate of drug-likeness (QED) is 0.825. The van der Waals surface area contributed by atoms with Gasteiger partial charge in [-0.25, -0.2) is 9.78 Å². The van der Waals surface area contributed by atoms with E-state index in [-0.39, 0.29) is 6.03 Å². The van der Waals surface area contributed by atoms with Crippen LogP contribution in [0, 0.1) is 0 Å². The summed E-state index contributed by atoms with van der Waals surface area (Å²) in [6.07, 6.45) is 8.73. The maximum atomic E-state index is 12.5. The second kappa shape index (κ2) is 8.89. The Balaban J connectivity index is 1.54. The van der Waals surface area contributed by atoms with Gasteiger partial charge in [0.05, 0.1) is 12.8 Å². The number of amides is 2. The molecule has 3 heterocycles. The molecular formula is C19H29N5O2. The maximum Gasteiger partial charge on any atom is 0.317 e. The van der Waals surface area contributed by atoms with Crippen molar-refractivity contribution in [2.24, 2.45) is 0 Å². The van der Waals surface area contributed by atoms with E-state index in [4.69, 9.17) is 4.42 Å². The highest BCUT2D eigenvalue weighted by Crippen LogP contribution is 2.26. The van der Waals surface area contributed by atoms with Crippen molar-refractivity contribution in [3.8, 4) is 0 Å². The predicted molar refractivity (Wildman–Crippen MR) is 99.9 cm³/mol. The Bertz CT molecular complexity index is 680. The maximum absolute atomic E-state index is 12.5. The minimum Gasteiger partial charge on any atom is -0.467 e. The van der Waals surface area contributed by atoms with Gasteiger partial charge >= 0.3 is 6.03 Å². The smallest absolute Gasteiger partial charge is 0.317 e. The number of furan rings is 1. The zero-order valence-electron chi connectivity index (χ0n) is 15.7. The number of likely N-dealkylation sites (tertiary alicyclic amines) is 1. The fourth-order valence-corrected chi connectivity index (χ4v) is 3.49. The molecule has 0 aromatic carbocycles. The average Bonchev–Trinajstić information content (AvgIpc) is 3.31. The Kier molecular flexibility index (Phi) is 6.33. The van der Waals surface area contributed by atoms with Crippen molar-refractivity contribution in [1.82, 2.24) is 24.7 Å².